The van der Waals surface area contributed by atoms with Gasteiger partial charge in [-0.2, -0.15) is 0 Å². The zero-order valence-electron chi connectivity index (χ0n) is 9.01. The predicted octanol–water partition coefficient (Wildman–Crippen LogP) is 1.36. The van der Waals surface area contributed by atoms with Gasteiger partial charge in [0.1, 0.15) is 0 Å². The maximum Gasteiger partial charge on any atom is 0.0689 e. The van der Waals surface area contributed by atoms with Gasteiger partial charge in [0.2, 0.25) is 0 Å². The minimum Gasteiger partial charge on any atom is -0.329 e. The van der Waals surface area contributed by atoms with E-state index in [1.165, 1.54) is 0 Å². The van der Waals surface area contributed by atoms with Crippen molar-refractivity contribution in [1.29, 1.82) is 0 Å². The summed E-state index contributed by atoms with van der Waals surface area (Å²) in [5.41, 5.74) is 5.64. The summed E-state index contributed by atoms with van der Waals surface area (Å²) >= 11 is 0. The Morgan fingerprint density at radius 2 is 2.08 bits per heavy atom. The lowest BCUT2D eigenvalue weighted by atomic mass is 10.0. The second-order valence-electron chi connectivity index (χ2n) is 3.76. The summed E-state index contributed by atoms with van der Waals surface area (Å²) < 4.78 is 0. The fraction of sp³-hybridized carbons (Fsp3) is 0.818. The van der Waals surface area contributed by atoms with E-state index in [0.29, 0.717) is 18.5 Å². The summed E-state index contributed by atoms with van der Waals surface area (Å²) in [5, 5.41) is 3.39. The van der Waals surface area contributed by atoms with E-state index in [-0.39, 0.29) is 6.04 Å². The minimum atomic E-state index is 0.181. The Hall–Kier alpha value is -0.520. The Balaban J connectivity index is 3.97. The van der Waals surface area contributed by atoms with E-state index in [1.54, 1.807) is 0 Å². The lowest BCUT2D eigenvalue weighted by Gasteiger charge is -2.24. The van der Waals surface area contributed by atoms with Crippen LogP contribution in [-0.4, -0.2) is 18.6 Å². The van der Waals surface area contributed by atoms with Crippen LogP contribution < -0.4 is 11.1 Å². The van der Waals surface area contributed by atoms with E-state index in [9.17, 15) is 0 Å². The van der Waals surface area contributed by atoms with Gasteiger partial charge in [-0.15, -0.1) is 6.42 Å². The number of hydrogen-bond acceptors (Lipinski definition) is 2. The van der Waals surface area contributed by atoms with E-state index >= 15 is 0 Å². The first kappa shape index (κ1) is 12.5. The minimum absolute atomic E-state index is 0.181. The quantitative estimate of drug-likeness (QED) is 0.609. The standard InChI is InChI=1S/C11H22N2/c1-5-7-10(6-2)13-11(8-12)9(3)4/h2,9-11,13H,5,7-8,12H2,1,3-4H3. The summed E-state index contributed by atoms with van der Waals surface area (Å²) in [6.07, 6.45) is 7.54. The van der Waals surface area contributed by atoms with Crippen molar-refractivity contribution in [3.63, 3.8) is 0 Å². The van der Waals surface area contributed by atoms with Gasteiger partial charge in [0.15, 0.2) is 0 Å². The zero-order valence-corrected chi connectivity index (χ0v) is 9.01. The zero-order chi connectivity index (χ0) is 10.3. The van der Waals surface area contributed by atoms with E-state index < -0.39 is 0 Å². The van der Waals surface area contributed by atoms with Crippen molar-refractivity contribution in [2.75, 3.05) is 6.54 Å². The topological polar surface area (TPSA) is 38.0 Å². The van der Waals surface area contributed by atoms with Crippen molar-refractivity contribution in [1.82, 2.24) is 5.32 Å². The molecule has 0 spiro atoms. The lowest BCUT2D eigenvalue weighted by molar-refractivity contribution is 0.376. The number of nitrogens with one attached hydrogen (secondary N) is 1. The van der Waals surface area contributed by atoms with Crippen molar-refractivity contribution in [2.24, 2.45) is 11.7 Å². The highest BCUT2D eigenvalue weighted by molar-refractivity contribution is 5.00. The van der Waals surface area contributed by atoms with E-state index in [4.69, 9.17) is 12.2 Å². The Morgan fingerprint density at radius 1 is 1.46 bits per heavy atom. The van der Waals surface area contributed by atoms with Crippen LogP contribution in [0.4, 0.5) is 0 Å². The van der Waals surface area contributed by atoms with Crippen LogP contribution in [0.5, 0.6) is 0 Å². The molecule has 0 bridgehead atoms. The van der Waals surface area contributed by atoms with E-state index in [1.807, 2.05) is 0 Å². The highest BCUT2D eigenvalue weighted by Gasteiger charge is 2.14. The van der Waals surface area contributed by atoms with Gasteiger partial charge in [0, 0.05) is 12.6 Å². The second-order valence-corrected chi connectivity index (χ2v) is 3.76. The predicted molar refractivity (Wildman–Crippen MR) is 58.3 cm³/mol. The number of rotatable bonds is 6. The molecule has 13 heavy (non-hydrogen) atoms. The third kappa shape index (κ3) is 4.92. The van der Waals surface area contributed by atoms with Crippen LogP contribution in [0.2, 0.25) is 0 Å². The van der Waals surface area contributed by atoms with Crippen molar-refractivity contribution in [3.8, 4) is 12.3 Å². The molecule has 0 amide bonds. The Morgan fingerprint density at radius 3 is 2.38 bits per heavy atom. The second kappa shape index (κ2) is 6.94. The van der Waals surface area contributed by atoms with Gasteiger partial charge in [-0.05, 0) is 12.3 Å². The van der Waals surface area contributed by atoms with Crippen LogP contribution >= 0.6 is 0 Å². The number of nitrogens with two attached hydrogens (primary N) is 1. The lowest BCUT2D eigenvalue weighted by Crippen LogP contribution is -2.45. The van der Waals surface area contributed by atoms with E-state index in [2.05, 4.69) is 32.0 Å². The highest BCUT2D eigenvalue weighted by atomic mass is 15.0. The fourth-order valence-corrected chi connectivity index (χ4v) is 1.29. The van der Waals surface area contributed by atoms with Gasteiger partial charge in [-0.25, -0.2) is 0 Å². The molecule has 0 saturated carbocycles. The molecule has 0 rings (SSSR count). The SMILES string of the molecule is C#CC(CCC)NC(CN)C(C)C. The fourth-order valence-electron chi connectivity index (χ4n) is 1.29. The van der Waals surface area contributed by atoms with Gasteiger partial charge >= 0.3 is 0 Å². The first-order valence-corrected chi connectivity index (χ1v) is 5.07. The third-order valence-corrected chi connectivity index (χ3v) is 2.25. The Kier molecular flexibility index (Phi) is 6.66. The van der Waals surface area contributed by atoms with Crippen molar-refractivity contribution in [3.05, 3.63) is 0 Å². The van der Waals surface area contributed by atoms with Gasteiger partial charge in [-0.1, -0.05) is 33.1 Å². The van der Waals surface area contributed by atoms with Crippen molar-refractivity contribution < 1.29 is 0 Å². The highest BCUT2D eigenvalue weighted by Crippen LogP contribution is 2.03. The number of terminal acetylenes is 1. The monoisotopic (exact) mass is 182 g/mol. The summed E-state index contributed by atoms with van der Waals surface area (Å²) in [4.78, 5) is 0. The van der Waals surface area contributed by atoms with Gasteiger partial charge in [-0.3, -0.25) is 5.32 Å². The molecule has 0 aromatic rings. The average molecular weight is 182 g/mol. The molecular weight excluding hydrogens is 160 g/mol. The summed E-state index contributed by atoms with van der Waals surface area (Å²) in [6, 6.07) is 0.522. The molecule has 0 aromatic heterocycles. The molecule has 2 heteroatoms. The summed E-state index contributed by atoms with van der Waals surface area (Å²) in [7, 11) is 0. The Bertz CT molecular complexity index is 158. The molecule has 0 fully saturated rings. The van der Waals surface area contributed by atoms with Gasteiger partial charge in [0.25, 0.3) is 0 Å². The molecule has 2 atom stereocenters. The number of hydrogen-bond donors (Lipinski definition) is 2. The molecule has 3 N–H and O–H groups in total. The summed E-state index contributed by atoms with van der Waals surface area (Å²) in [6.45, 7) is 7.10. The summed E-state index contributed by atoms with van der Waals surface area (Å²) in [5.74, 6) is 3.30. The van der Waals surface area contributed by atoms with Gasteiger partial charge in [0.05, 0.1) is 6.04 Å². The van der Waals surface area contributed by atoms with Crippen LogP contribution in [0.1, 0.15) is 33.6 Å². The smallest absolute Gasteiger partial charge is 0.0689 e. The van der Waals surface area contributed by atoms with Crippen LogP contribution in [0.3, 0.4) is 0 Å². The molecule has 2 nitrogen and oxygen atoms in total. The van der Waals surface area contributed by atoms with Crippen LogP contribution in [0.25, 0.3) is 0 Å². The molecule has 0 aromatic carbocycles. The van der Waals surface area contributed by atoms with Crippen molar-refractivity contribution >= 4 is 0 Å². The maximum absolute atomic E-state index is 5.64. The molecule has 76 valence electrons. The van der Waals surface area contributed by atoms with Crippen LogP contribution in [-0.2, 0) is 0 Å². The van der Waals surface area contributed by atoms with Crippen LogP contribution in [0.15, 0.2) is 0 Å². The maximum atomic E-state index is 5.64. The molecular formula is C11H22N2. The average Bonchev–Trinajstić information content (AvgIpc) is 2.11. The molecule has 0 aliphatic heterocycles. The molecule has 0 radical (unpaired) electrons. The first-order chi connectivity index (χ1) is 6.15. The molecule has 0 aliphatic carbocycles. The molecule has 0 heterocycles. The molecule has 0 aliphatic rings. The normalized spacial score (nSPS) is 15.4. The van der Waals surface area contributed by atoms with E-state index in [0.717, 1.165) is 12.8 Å². The largest absolute Gasteiger partial charge is 0.329 e. The van der Waals surface area contributed by atoms with Crippen molar-refractivity contribution in [2.45, 2.75) is 45.7 Å². The first-order valence-electron chi connectivity index (χ1n) is 5.07. The van der Waals surface area contributed by atoms with Crippen LogP contribution in [0, 0.1) is 18.3 Å². The Labute approximate surface area is 82.3 Å². The van der Waals surface area contributed by atoms with Gasteiger partial charge < -0.3 is 5.73 Å². The molecule has 0 saturated heterocycles. The third-order valence-electron chi connectivity index (χ3n) is 2.25. The molecule has 2 unspecified atom stereocenters.